The second kappa shape index (κ2) is 5.16. The molecule has 0 saturated carbocycles. The average molecular weight is 268 g/mol. The zero-order valence-corrected chi connectivity index (χ0v) is 10.1. The number of pyridine rings is 2. The molecule has 0 aliphatic rings. The molecule has 0 aliphatic heterocycles. The van der Waals surface area contributed by atoms with Crippen molar-refractivity contribution in [2.75, 3.05) is 5.32 Å². The van der Waals surface area contributed by atoms with Gasteiger partial charge in [0.2, 0.25) is 5.95 Å². The summed E-state index contributed by atoms with van der Waals surface area (Å²) >= 11 is 10.7. The molecule has 0 unspecified atom stereocenters. The first kappa shape index (κ1) is 11.9. The second-order valence-electron chi connectivity index (χ2n) is 3.17. The van der Waals surface area contributed by atoms with Crippen molar-refractivity contribution in [2.24, 2.45) is 0 Å². The molecule has 0 aliphatic carbocycles. The number of rotatable bonds is 2. The van der Waals surface area contributed by atoms with E-state index >= 15 is 0 Å². The maximum absolute atomic E-state index is 13.3. The minimum Gasteiger partial charge on any atom is -0.345 e. The third-order valence-electron chi connectivity index (χ3n) is 1.99. The molecule has 0 radical (unpaired) electrons. The lowest BCUT2D eigenvalue weighted by Gasteiger charge is -2.07. The molecule has 2 aromatic heterocycles. The van der Waals surface area contributed by atoms with Gasteiger partial charge in [0.15, 0.2) is 0 Å². The first-order valence-corrected chi connectivity index (χ1v) is 5.49. The van der Waals surface area contributed by atoms with Crippen molar-refractivity contribution in [1.29, 1.82) is 0 Å². The lowest BCUT2D eigenvalue weighted by atomic mass is 10.2. The van der Waals surface area contributed by atoms with Gasteiger partial charge in [0.1, 0.15) is 10.1 Å². The Labute approximate surface area is 108 Å². The Bertz CT molecular complexity index is 545. The first-order chi connectivity index (χ1) is 8.16. The topological polar surface area (TPSA) is 37.8 Å². The van der Waals surface area contributed by atoms with Gasteiger partial charge >= 0.3 is 0 Å². The molecule has 17 heavy (non-hydrogen) atoms. The van der Waals surface area contributed by atoms with E-state index in [0.717, 1.165) is 0 Å². The van der Waals surface area contributed by atoms with Crippen LogP contribution in [0.3, 0.4) is 0 Å². The van der Waals surface area contributed by atoms with Crippen molar-refractivity contribution in [3.8, 4) is 0 Å². The molecule has 0 amide bonds. The van der Waals surface area contributed by atoms with Crippen LogP contribution in [-0.2, 0) is 0 Å². The number of aromatic nitrogens is 2. The highest BCUT2D eigenvalue weighted by Gasteiger charge is 2.08. The number of hydrogen-bond donors (Lipinski definition) is 1. The third-order valence-corrected chi connectivity index (χ3v) is 2.53. The van der Waals surface area contributed by atoms with E-state index in [9.17, 15) is 4.39 Å². The Morgan fingerprint density at radius 1 is 1.29 bits per heavy atom. The quantitative estimate of drug-likeness (QED) is 0.670. The normalized spacial score (nSPS) is 10.0. The summed E-state index contributed by atoms with van der Waals surface area (Å²) in [6.07, 6.45) is 2.88. The van der Waals surface area contributed by atoms with Gasteiger partial charge < -0.3 is 5.32 Å². The van der Waals surface area contributed by atoms with Crippen LogP contribution < -0.4 is 5.32 Å². The van der Waals surface area contributed by atoms with E-state index in [4.69, 9.17) is 23.8 Å². The molecule has 0 spiro atoms. The molecule has 0 bridgehead atoms. The van der Waals surface area contributed by atoms with Crippen LogP contribution in [0.5, 0.6) is 0 Å². The van der Waals surface area contributed by atoms with Gasteiger partial charge in [0.25, 0.3) is 0 Å². The van der Waals surface area contributed by atoms with Crippen molar-refractivity contribution in [3.05, 3.63) is 53.3 Å². The van der Waals surface area contributed by atoms with E-state index < -0.39 is 5.95 Å². The molecule has 1 N–H and O–H groups in total. The van der Waals surface area contributed by atoms with E-state index in [0.29, 0.717) is 10.8 Å². The Balaban J connectivity index is 2.17. The SMILES string of the molecule is Fc1ncccc1C(=S)Nc1ccc(Cl)nc1. The van der Waals surface area contributed by atoms with Gasteiger partial charge in [-0.3, -0.25) is 0 Å². The molecule has 2 aromatic rings. The molecular weight excluding hydrogens is 261 g/mol. The van der Waals surface area contributed by atoms with Crippen molar-refractivity contribution in [3.63, 3.8) is 0 Å². The molecule has 3 nitrogen and oxygen atoms in total. The predicted molar refractivity (Wildman–Crippen MR) is 68.8 cm³/mol. The van der Waals surface area contributed by atoms with Crippen LogP contribution in [0.15, 0.2) is 36.7 Å². The summed E-state index contributed by atoms with van der Waals surface area (Å²) in [7, 11) is 0. The van der Waals surface area contributed by atoms with Gasteiger partial charge in [-0.15, -0.1) is 0 Å². The molecule has 86 valence electrons. The number of nitrogens with one attached hydrogen (secondary N) is 1. The smallest absolute Gasteiger partial charge is 0.223 e. The summed E-state index contributed by atoms with van der Waals surface area (Å²) in [5.74, 6) is -0.605. The largest absolute Gasteiger partial charge is 0.345 e. The lowest BCUT2D eigenvalue weighted by molar-refractivity contribution is 0.581. The fraction of sp³-hybridized carbons (Fsp3) is 0. The van der Waals surface area contributed by atoms with Crippen molar-refractivity contribution < 1.29 is 4.39 Å². The maximum Gasteiger partial charge on any atom is 0.223 e. The number of anilines is 1. The fourth-order valence-corrected chi connectivity index (χ4v) is 1.59. The van der Waals surface area contributed by atoms with Crippen LogP contribution in [-0.4, -0.2) is 15.0 Å². The average Bonchev–Trinajstić information content (AvgIpc) is 2.32. The summed E-state index contributed by atoms with van der Waals surface area (Å²) in [6, 6.07) is 6.50. The van der Waals surface area contributed by atoms with Crippen LogP contribution in [0.1, 0.15) is 5.56 Å². The van der Waals surface area contributed by atoms with Crippen LogP contribution in [0.25, 0.3) is 0 Å². The summed E-state index contributed by atoms with van der Waals surface area (Å²) in [5.41, 5.74) is 0.889. The van der Waals surface area contributed by atoms with E-state index in [1.807, 2.05) is 0 Å². The zero-order valence-electron chi connectivity index (χ0n) is 8.52. The van der Waals surface area contributed by atoms with Gasteiger partial charge in [0.05, 0.1) is 17.4 Å². The minimum atomic E-state index is -0.605. The van der Waals surface area contributed by atoms with Crippen molar-refractivity contribution in [1.82, 2.24) is 9.97 Å². The molecule has 0 atom stereocenters. The summed E-state index contributed by atoms with van der Waals surface area (Å²) < 4.78 is 13.3. The van der Waals surface area contributed by atoms with E-state index in [2.05, 4.69) is 15.3 Å². The number of halogens is 2. The molecule has 2 rings (SSSR count). The number of hydrogen-bond acceptors (Lipinski definition) is 3. The summed E-state index contributed by atoms with van der Waals surface area (Å²) in [5, 5.41) is 3.24. The molecular formula is C11H7ClFN3S. The molecule has 6 heteroatoms. The predicted octanol–water partition coefficient (Wildman–Crippen LogP) is 3.06. The van der Waals surface area contributed by atoms with Crippen LogP contribution in [0.4, 0.5) is 10.1 Å². The summed E-state index contributed by atoms with van der Waals surface area (Å²) in [6.45, 7) is 0. The molecule has 0 fully saturated rings. The highest BCUT2D eigenvalue weighted by Crippen LogP contribution is 2.12. The highest BCUT2D eigenvalue weighted by molar-refractivity contribution is 7.81. The van der Waals surface area contributed by atoms with Gasteiger partial charge in [-0.05, 0) is 24.3 Å². The minimum absolute atomic E-state index is 0.248. The van der Waals surface area contributed by atoms with Gasteiger partial charge in [-0.2, -0.15) is 4.39 Å². The Kier molecular flexibility index (Phi) is 3.61. The second-order valence-corrected chi connectivity index (χ2v) is 3.96. The zero-order chi connectivity index (χ0) is 12.3. The van der Waals surface area contributed by atoms with Gasteiger partial charge in [0, 0.05) is 6.20 Å². The van der Waals surface area contributed by atoms with Gasteiger partial charge in [-0.25, -0.2) is 9.97 Å². The Hall–Kier alpha value is -1.59. The van der Waals surface area contributed by atoms with Crippen molar-refractivity contribution >= 4 is 34.5 Å². The van der Waals surface area contributed by atoms with E-state index in [-0.39, 0.29) is 10.6 Å². The monoisotopic (exact) mass is 267 g/mol. The van der Waals surface area contributed by atoms with Gasteiger partial charge in [-0.1, -0.05) is 23.8 Å². The Morgan fingerprint density at radius 2 is 2.12 bits per heavy atom. The molecule has 0 saturated heterocycles. The van der Waals surface area contributed by atoms with Crippen molar-refractivity contribution in [2.45, 2.75) is 0 Å². The first-order valence-electron chi connectivity index (χ1n) is 4.70. The lowest BCUT2D eigenvalue weighted by Crippen LogP contribution is -2.13. The third kappa shape index (κ3) is 2.95. The number of nitrogens with zero attached hydrogens (tertiary/aromatic N) is 2. The van der Waals surface area contributed by atoms with E-state index in [1.54, 1.807) is 24.3 Å². The van der Waals surface area contributed by atoms with E-state index in [1.165, 1.54) is 12.4 Å². The fourth-order valence-electron chi connectivity index (χ4n) is 1.20. The molecule has 0 aromatic carbocycles. The Morgan fingerprint density at radius 3 is 2.76 bits per heavy atom. The highest BCUT2D eigenvalue weighted by atomic mass is 35.5. The maximum atomic E-state index is 13.3. The molecule has 2 heterocycles. The number of thiocarbonyl (C=S) groups is 1. The van der Waals surface area contributed by atoms with Crippen LogP contribution in [0.2, 0.25) is 5.15 Å². The van der Waals surface area contributed by atoms with Crippen LogP contribution in [0, 0.1) is 5.95 Å². The summed E-state index contributed by atoms with van der Waals surface area (Å²) in [4.78, 5) is 7.66. The standard InChI is InChI=1S/C11H7ClFN3S/c12-9-4-3-7(6-15-9)16-11(17)8-2-1-5-14-10(8)13/h1-6H,(H,16,17). The van der Waals surface area contributed by atoms with Crippen LogP contribution >= 0.6 is 23.8 Å².